The zero-order valence-electron chi connectivity index (χ0n) is 12.0. The normalized spacial score (nSPS) is 18.4. The average molecular weight is 289 g/mol. The van der Waals surface area contributed by atoms with E-state index in [9.17, 15) is 4.79 Å². The Hall–Kier alpha value is -2.15. The predicted octanol–water partition coefficient (Wildman–Crippen LogP) is 1.12. The Kier molecular flexibility index (Phi) is 3.74. The molecule has 1 saturated heterocycles. The number of nitrogens with two attached hydrogens (primary N) is 1. The van der Waals surface area contributed by atoms with Crippen LogP contribution in [0.3, 0.4) is 0 Å². The number of carbonyl (C=O) groups is 1. The molecule has 21 heavy (non-hydrogen) atoms. The number of aromatic nitrogens is 3. The number of hydrogen-bond donors (Lipinski definition) is 1. The van der Waals surface area contributed by atoms with E-state index < -0.39 is 0 Å². The second-order valence-corrected chi connectivity index (χ2v) is 5.31. The van der Waals surface area contributed by atoms with Crippen LogP contribution in [-0.4, -0.2) is 38.6 Å². The maximum atomic E-state index is 12.6. The summed E-state index contributed by atoms with van der Waals surface area (Å²) in [6, 6.07) is 1.85. The van der Waals surface area contributed by atoms with Gasteiger partial charge in [0.25, 0.3) is 5.91 Å². The molecule has 112 valence electrons. The number of nitrogens with zero attached hydrogens (tertiary/aromatic N) is 4. The monoisotopic (exact) mass is 289 g/mol. The van der Waals surface area contributed by atoms with E-state index in [0.717, 1.165) is 24.3 Å². The highest BCUT2D eigenvalue weighted by Gasteiger charge is 2.33. The van der Waals surface area contributed by atoms with Crippen LogP contribution in [0.1, 0.15) is 40.8 Å². The Balaban J connectivity index is 1.79. The Bertz CT molecular complexity index is 633. The summed E-state index contributed by atoms with van der Waals surface area (Å²) in [5.41, 5.74) is 6.79. The highest BCUT2D eigenvalue weighted by atomic mass is 16.5. The first-order valence-corrected chi connectivity index (χ1v) is 7.15. The fraction of sp³-hybridized carbons (Fsp3) is 0.500. The molecule has 3 heterocycles. The molecule has 1 aliphatic heterocycles. The number of carbonyl (C=O) groups excluding carboxylic acids is 1. The summed E-state index contributed by atoms with van der Waals surface area (Å²) in [4.78, 5) is 18.6. The van der Waals surface area contributed by atoms with Gasteiger partial charge in [0, 0.05) is 31.9 Å². The number of imidazole rings is 1. The van der Waals surface area contributed by atoms with Gasteiger partial charge in [0.05, 0.1) is 18.1 Å². The zero-order chi connectivity index (χ0) is 14.8. The first-order chi connectivity index (χ1) is 10.2. The van der Waals surface area contributed by atoms with E-state index in [0.29, 0.717) is 25.3 Å². The van der Waals surface area contributed by atoms with Gasteiger partial charge in [-0.2, -0.15) is 0 Å². The van der Waals surface area contributed by atoms with Crippen molar-refractivity contribution in [2.24, 2.45) is 5.73 Å². The van der Waals surface area contributed by atoms with Gasteiger partial charge in [0.1, 0.15) is 5.69 Å². The third-order valence-corrected chi connectivity index (χ3v) is 3.73. The Morgan fingerprint density at radius 3 is 3.14 bits per heavy atom. The molecule has 0 radical (unpaired) electrons. The summed E-state index contributed by atoms with van der Waals surface area (Å²) in [7, 11) is 0. The summed E-state index contributed by atoms with van der Waals surface area (Å²) in [5, 5.41) is 3.91. The van der Waals surface area contributed by atoms with Crippen molar-refractivity contribution in [2.45, 2.75) is 32.4 Å². The molecule has 0 bridgehead atoms. The van der Waals surface area contributed by atoms with E-state index in [4.69, 9.17) is 10.3 Å². The van der Waals surface area contributed by atoms with Crippen LogP contribution in [0.2, 0.25) is 0 Å². The number of amides is 1. The summed E-state index contributed by atoms with van der Waals surface area (Å²) in [5.74, 6) is 0.682. The lowest BCUT2D eigenvalue weighted by molar-refractivity contribution is 0.0709. The van der Waals surface area contributed by atoms with Gasteiger partial charge in [-0.1, -0.05) is 5.16 Å². The van der Waals surface area contributed by atoms with Gasteiger partial charge in [-0.05, 0) is 19.8 Å². The number of aryl methyl sites for hydroxylation is 1. The molecule has 2 aromatic rings. The topological polar surface area (TPSA) is 90.2 Å². The van der Waals surface area contributed by atoms with Gasteiger partial charge in [-0.3, -0.25) is 4.79 Å². The molecule has 2 N–H and O–H groups in total. The molecule has 7 nitrogen and oxygen atoms in total. The molecule has 1 amide bonds. The van der Waals surface area contributed by atoms with Crippen LogP contribution < -0.4 is 5.73 Å². The van der Waals surface area contributed by atoms with Crippen molar-refractivity contribution in [3.8, 4) is 0 Å². The van der Waals surface area contributed by atoms with E-state index in [1.165, 1.54) is 0 Å². The quantitative estimate of drug-likeness (QED) is 0.910. The first-order valence-electron chi connectivity index (χ1n) is 7.15. The zero-order valence-corrected chi connectivity index (χ0v) is 12.0. The van der Waals surface area contributed by atoms with Crippen LogP contribution in [0.15, 0.2) is 23.1 Å². The minimum Gasteiger partial charge on any atom is -0.359 e. The molecule has 2 aromatic heterocycles. The van der Waals surface area contributed by atoms with Gasteiger partial charge in [0.2, 0.25) is 0 Å². The first kappa shape index (κ1) is 13.8. The summed E-state index contributed by atoms with van der Waals surface area (Å²) in [6.07, 6.45) is 5.24. The van der Waals surface area contributed by atoms with Gasteiger partial charge in [0.15, 0.2) is 5.76 Å². The maximum absolute atomic E-state index is 12.6. The molecule has 1 fully saturated rings. The molecule has 0 spiro atoms. The molecule has 1 unspecified atom stereocenters. The lowest BCUT2D eigenvalue weighted by Gasteiger charge is -2.21. The number of rotatable bonds is 4. The van der Waals surface area contributed by atoms with Gasteiger partial charge in [-0.25, -0.2) is 4.98 Å². The Morgan fingerprint density at radius 1 is 1.57 bits per heavy atom. The second-order valence-electron chi connectivity index (χ2n) is 5.31. The van der Waals surface area contributed by atoms with E-state index in [2.05, 4.69) is 10.1 Å². The predicted molar refractivity (Wildman–Crippen MR) is 75.5 cm³/mol. The Labute approximate surface area is 122 Å². The Morgan fingerprint density at radius 2 is 2.43 bits per heavy atom. The molecule has 0 aliphatic carbocycles. The number of likely N-dealkylation sites (tertiary alicyclic amines) is 1. The molecular weight excluding hydrogens is 270 g/mol. The summed E-state index contributed by atoms with van der Waals surface area (Å²) in [6.45, 7) is 3.77. The van der Waals surface area contributed by atoms with Crippen LogP contribution in [0, 0.1) is 6.92 Å². The van der Waals surface area contributed by atoms with Crippen molar-refractivity contribution in [2.75, 3.05) is 13.1 Å². The fourth-order valence-electron chi connectivity index (χ4n) is 2.73. The lowest BCUT2D eigenvalue weighted by atomic mass is 10.1. The SMILES string of the molecule is Cc1cc(C2CCCN2C(=O)c2cn(CCN)cn2)on1. The van der Waals surface area contributed by atoms with E-state index >= 15 is 0 Å². The fourth-order valence-corrected chi connectivity index (χ4v) is 2.73. The van der Waals surface area contributed by atoms with E-state index in [1.807, 2.05) is 22.5 Å². The summed E-state index contributed by atoms with van der Waals surface area (Å²) < 4.78 is 7.15. The molecule has 7 heteroatoms. The van der Waals surface area contributed by atoms with Crippen molar-refractivity contribution < 1.29 is 9.32 Å². The van der Waals surface area contributed by atoms with Crippen LogP contribution in [0.25, 0.3) is 0 Å². The molecule has 1 atom stereocenters. The standard InChI is InChI=1S/C14H19N5O2/c1-10-7-13(21-17-10)12-3-2-5-19(12)14(20)11-8-18(6-4-15)9-16-11/h7-9,12H,2-6,15H2,1H3. The molecular formula is C14H19N5O2. The van der Waals surface area contributed by atoms with E-state index in [1.54, 1.807) is 12.5 Å². The van der Waals surface area contributed by atoms with Crippen molar-refractivity contribution in [3.05, 3.63) is 35.7 Å². The van der Waals surface area contributed by atoms with Crippen LogP contribution in [0.5, 0.6) is 0 Å². The minimum atomic E-state index is -0.0673. The van der Waals surface area contributed by atoms with Crippen molar-refractivity contribution in [1.29, 1.82) is 0 Å². The largest absolute Gasteiger partial charge is 0.359 e. The van der Waals surface area contributed by atoms with Crippen molar-refractivity contribution >= 4 is 5.91 Å². The van der Waals surface area contributed by atoms with Crippen LogP contribution >= 0.6 is 0 Å². The average Bonchev–Trinajstić information content (AvgIpc) is 3.17. The second kappa shape index (κ2) is 5.69. The molecule has 0 aromatic carbocycles. The third-order valence-electron chi connectivity index (χ3n) is 3.73. The minimum absolute atomic E-state index is 0.0432. The highest BCUT2D eigenvalue weighted by Crippen LogP contribution is 2.33. The molecule has 3 rings (SSSR count). The van der Waals surface area contributed by atoms with Gasteiger partial charge < -0.3 is 19.7 Å². The van der Waals surface area contributed by atoms with Crippen molar-refractivity contribution in [1.82, 2.24) is 19.6 Å². The summed E-state index contributed by atoms with van der Waals surface area (Å²) >= 11 is 0. The van der Waals surface area contributed by atoms with E-state index in [-0.39, 0.29) is 11.9 Å². The van der Waals surface area contributed by atoms with Gasteiger partial charge in [-0.15, -0.1) is 0 Å². The lowest BCUT2D eigenvalue weighted by Crippen LogP contribution is -2.30. The molecule has 0 saturated carbocycles. The van der Waals surface area contributed by atoms with Crippen LogP contribution in [-0.2, 0) is 6.54 Å². The highest BCUT2D eigenvalue weighted by molar-refractivity contribution is 5.92. The molecule has 1 aliphatic rings. The maximum Gasteiger partial charge on any atom is 0.274 e. The van der Waals surface area contributed by atoms with Crippen molar-refractivity contribution in [3.63, 3.8) is 0 Å². The third kappa shape index (κ3) is 2.69. The van der Waals surface area contributed by atoms with Crippen LogP contribution in [0.4, 0.5) is 0 Å². The van der Waals surface area contributed by atoms with Gasteiger partial charge >= 0.3 is 0 Å². The smallest absolute Gasteiger partial charge is 0.274 e. The number of hydrogen-bond acceptors (Lipinski definition) is 5.